The average Bonchev–Trinajstić information content (AvgIpc) is 3.67. The third kappa shape index (κ3) is 4.31. The Morgan fingerprint density at radius 1 is 1.18 bits per heavy atom. The van der Waals surface area contributed by atoms with Crippen LogP contribution in [-0.4, -0.2) is 62.3 Å². The molecule has 1 aliphatic carbocycles. The molecule has 0 spiro atoms. The van der Waals surface area contributed by atoms with Crippen LogP contribution in [-0.2, 0) is 29.4 Å². The average molecular weight is 553 g/mol. The zero-order valence-electron chi connectivity index (χ0n) is 21.1. The number of nitrogens with one attached hydrogen (secondary N) is 1. The van der Waals surface area contributed by atoms with Crippen molar-refractivity contribution in [1.29, 1.82) is 0 Å². The van der Waals surface area contributed by atoms with Crippen LogP contribution in [0, 0.1) is 5.82 Å². The van der Waals surface area contributed by atoms with Gasteiger partial charge in [0.05, 0.1) is 29.4 Å². The van der Waals surface area contributed by atoms with Crippen LogP contribution in [0.1, 0.15) is 29.2 Å². The fourth-order valence-electron chi connectivity index (χ4n) is 6.00. The number of ether oxygens (including phenoxy) is 3. The van der Waals surface area contributed by atoms with Crippen LogP contribution in [0.2, 0.25) is 5.02 Å². The van der Waals surface area contributed by atoms with Crippen molar-refractivity contribution in [3.8, 4) is 17.1 Å². The number of benzene rings is 1. The first-order chi connectivity index (χ1) is 18.8. The highest BCUT2D eigenvalue weighted by atomic mass is 35.5. The van der Waals surface area contributed by atoms with Gasteiger partial charge in [-0.3, -0.25) is 4.79 Å². The molecule has 0 bridgehead atoms. The maximum Gasteiger partial charge on any atom is 0.296 e. The number of rotatable bonds is 5. The van der Waals surface area contributed by atoms with Crippen LogP contribution >= 0.6 is 11.6 Å². The van der Waals surface area contributed by atoms with Gasteiger partial charge < -0.3 is 28.9 Å². The Labute approximate surface area is 227 Å². The third-order valence-corrected chi connectivity index (χ3v) is 8.29. The van der Waals surface area contributed by atoms with E-state index in [1.165, 1.54) is 16.7 Å². The van der Waals surface area contributed by atoms with Crippen molar-refractivity contribution in [3.05, 3.63) is 74.5 Å². The lowest BCUT2D eigenvalue weighted by atomic mass is 9.93. The van der Waals surface area contributed by atoms with E-state index >= 15 is 4.39 Å². The number of aromatic amines is 1. The summed E-state index contributed by atoms with van der Waals surface area (Å²) in [5.41, 5.74) is 4.83. The monoisotopic (exact) mass is 552 g/mol. The van der Waals surface area contributed by atoms with Gasteiger partial charge in [0.1, 0.15) is 24.1 Å². The fourth-order valence-corrected chi connectivity index (χ4v) is 6.23. The van der Waals surface area contributed by atoms with Crippen molar-refractivity contribution < 1.29 is 23.7 Å². The molecule has 0 radical (unpaired) electrons. The first-order valence-corrected chi connectivity index (χ1v) is 13.3. The van der Waals surface area contributed by atoms with E-state index in [0.29, 0.717) is 40.5 Å². The number of imidazole rings is 1. The van der Waals surface area contributed by atoms with Crippen LogP contribution < -0.4 is 10.3 Å². The molecule has 7 rings (SSSR count). The second kappa shape index (κ2) is 9.41. The van der Waals surface area contributed by atoms with Crippen molar-refractivity contribution in [1.82, 2.24) is 19.5 Å². The summed E-state index contributed by atoms with van der Waals surface area (Å²) >= 11 is 6.61. The predicted molar refractivity (Wildman–Crippen MR) is 141 cm³/mol. The molecule has 1 unspecified atom stereocenters. The zero-order valence-corrected chi connectivity index (χ0v) is 21.8. The molecule has 2 fully saturated rings. The molecule has 0 amide bonds. The Kier molecular flexibility index (Phi) is 5.96. The highest BCUT2D eigenvalue weighted by Crippen LogP contribution is 2.40. The Morgan fingerprint density at radius 3 is 2.87 bits per heavy atom. The van der Waals surface area contributed by atoms with Crippen LogP contribution in [0.15, 0.2) is 41.3 Å². The van der Waals surface area contributed by atoms with Gasteiger partial charge in [0.25, 0.3) is 6.01 Å². The standard InChI is InChI=1S/C28H26ClFN4O5/c1-34-10-15(4-5-23(34)36)16-6-13-2-3-14(24(13)18(30)7-16)8-19-17(29)9-20-27(31-19)33-28(32-20)39-22-12-38-25-21(35)11-37-26(22)25/h4-7,9-10,14,21-22,25-26,35H,2-3,8,11-12H2,1H3,(H,31,32,33)/t14?,21-,22-,25-,26-/m1/s1. The second-order valence-electron chi connectivity index (χ2n) is 10.5. The van der Waals surface area contributed by atoms with E-state index < -0.39 is 18.3 Å². The van der Waals surface area contributed by atoms with Gasteiger partial charge in [0.2, 0.25) is 5.56 Å². The van der Waals surface area contributed by atoms with E-state index in [-0.39, 0.29) is 36.0 Å². The highest BCUT2D eigenvalue weighted by molar-refractivity contribution is 6.31. The molecule has 2 saturated heterocycles. The summed E-state index contributed by atoms with van der Waals surface area (Å²) in [6.45, 7) is 0.509. The summed E-state index contributed by atoms with van der Waals surface area (Å²) in [5, 5.41) is 10.4. The number of aliphatic hydroxyl groups is 1. The second-order valence-corrected chi connectivity index (χ2v) is 10.9. The van der Waals surface area contributed by atoms with Gasteiger partial charge in [0.15, 0.2) is 11.8 Å². The van der Waals surface area contributed by atoms with Crippen LogP contribution in [0.3, 0.4) is 0 Å². The van der Waals surface area contributed by atoms with Crippen molar-refractivity contribution in [2.24, 2.45) is 7.05 Å². The number of fused-ring (bicyclic) bond motifs is 3. The maximum absolute atomic E-state index is 15.4. The molecule has 202 valence electrons. The fraction of sp³-hybridized carbons (Fsp3) is 0.393. The van der Waals surface area contributed by atoms with Crippen molar-refractivity contribution >= 4 is 22.8 Å². The molecule has 1 aromatic carbocycles. The van der Waals surface area contributed by atoms with Gasteiger partial charge in [-0.15, -0.1) is 0 Å². The largest absolute Gasteiger partial charge is 0.456 e. The lowest BCUT2D eigenvalue weighted by Gasteiger charge is -2.15. The number of aliphatic hydroxyl groups excluding tert-OH is 1. The van der Waals surface area contributed by atoms with Gasteiger partial charge in [-0.1, -0.05) is 17.7 Å². The molecule has 4 aromatic rings. The summed E-state index contributed by atoms with van der Waals surface area (Å²) in [7, 11) is 1.68. The van der Waals surface area contributed by atoms with E-state index in [1.807, 2.05) is 6.07 Å². The summed E-state index contributed by atoms with van der Waals surface area (Å²) in [6, 6.07) is 8.79. The highest BCUT2D eigenvalue weighted by Gasteiger charge is 2.48. The van der Waals surface area contributed by atoms with Crippen molar-refractivity contribution in [2.45, 2.75) is 49.6 Å². The quantitative estimate of drug-likeness (QED) is 0.391. The summed E-state index contributed by atoms with van der Waals surface area (Å²) in [6.07, 6.45) is 1.92. The molecule has 3 aliphatic rings. The van der Waals surface area contributed by atoms with Gasteiger partial charge >= 0.3 is 0 Å². The molecule has 5 heterocycles. The van der Waals surface area contributed by atoms with E-state index in [9.17, 15) is 9.90 Å². The molecular formula is C28H26ClFN4O5. The lowest BCUT2D eigenvalue weighted by molar-refractivity contribution is 0.00706. The molecule has 39 heavy (non-hydrogen) atoms. The topological polar surface area (TPSA) is 111 Å². The third-order valence-electron chi connectivity index (χ3n) is 7.97. The molecule has 5 atom stereocenters. The molecule has 0 saturated carbocycles. The van der Waals surface area contributed by atoms with Crippen molar-refractivity contribution in [3.63, 3.8) is 0 Å². The normalized spacial score (nSPS) is 25.8. The van der Waals surface area contributed by atoms with Crippen molar-refractivity contribution in [2.75, 3.05) is 13.2 Å². The summed E-state index contributed by atoms with van der Waals surface area (Å²) in [5.74, 6) is -0.326. The minimum absolute atomic E-state index is 0.0650. The summed E-state index contributed by atoms with van der Waals surface area (Å²) < 4.78 is 34.2. The Balaban J connectivity index is 1.12. The Hall–Kier alpha value is -3.31. The lowest BCUT2D eigenvalue weighted by Crippen LogP contribution is -2.34. The van der Waals surface area contributed by atoms with Gasteiger partial charge in [0, 0.05) is 19.3 Å². The van der Waals surface area contributed by atoms with Gasteiger partial charge in [-0.05, 0) is 65.6 Å². The number of halogens is 2. The SMILES string of the molecule is Cn1cc(-c2cc(F)c3c(c2)CCC3Cc2nc3nc(O[C@@H]4CO[C@H]5[C@@H]4OC[C@H]5O)[nH]c3cc2Cl)ccc1=O. The molecule has 2 N–H and O–H groups in total. The number of hydrogen-bond acceptors (Lipinski definition) is 7. The van der Waals surface area contributed by atoms with Crippen LogP contribution in [0.25, 0.3) is 22.3 Å². The zero-order chi connectivity index (χ0) is 26.8. The van der Waals surface area contributed by atoms with E-state index in [1.54, 1.807) is 25.4 Å². The number of aromatic nitrogens is 4. The van der Waals surface area contributed by atoms with E-state index in [4.69, 9.17) is 25.8 Å². The smallest absolute Gasteiger partial charge is 0.296 e. The first kappa shape index (κ1) is 24.7. The number of nitrogens with zero attached hydrogens (tertiary/aromatic N) is 3. The Bertz CT molecular complexity index is 1660. The van der Waals surface area contributed by atoms with E-state index in [0.717, 1.165) is 29.5 Å². The molecule has 9 nitrogen and oxygen atoms in total. The number of pyridine rings is 2. The minimum atomic E-state index is -0.659. The molecule has 2 aliphatic heterocycles. The maximum atomic E-state index is 15.4. The van der Waals surface area contributed by atoms with Gasteiger partial charge in [-0.2, -0.15) is 4.98 Å². The molecule has 3 aromatic heterocycles. The summed E-state index contributed by atoms with van der Waals surface area (Å²) in [4.78, 5) is 24.0. The molecule has 11 heteroatoms. The van der Waals surface area contributed by atoms with Crippen LogP contribution in [0.5, 0.6) is 6.01 Å². The van der Waals surface area contributed by atoms with Gasteiger partial charge in [-0.25, -0.2) is 9.37 Å². The Morgan fingerprint density at radius 2 is 2.03 bits per heavy atom. The van der Waals surface area contributed by atoms with Crippen LogP contribution in [0.4, 0.5) is 4.39 Å². The predicted octanol–water partition coefficient (Wildman–Crippen LogP) is 3.29. The minimum Gasteiger partial charge on any atom is -0.456 e. The number of H-pyrrole nitrogens is 1. The van der Waals surface area contributed by atoms with E-state index in [2.05, 4.69) is 15.0 Å². The first-order valence-electron chi connectivity index (χ1n) is 13.0. The number of hydrogen-bond donors (Lipinski definition) is 2. The number of aryl methyl sites for hydroxylation is 2. The molecular weight excluding hydrogens is 527 g/mol.